The number of hydrogen-bond donors (Lipinski definition) is 1. The Morgan fingerprint density at radius 3 is 2.53 bits per heavy atom. The molecule has 4 aromatic carbocycles. The molecule has 4 rings (SSSR count). The number of nitriles is 1. The number of amides is 1. The van der Waals surface area contributed by atoms with E-state index in [1.54, 1.807) is 36.4 Å². The number of benzene rings is 4. The summed E-state index contributed by atoms with van der Waals surface area (Å²) in [5.41, 5.74) is 3.06. The van der Waals surface area contributed by atoms with E-state index in [9.17, 15) is 10.1 Å². The molecule has 0 unspecified atom stereocenters. The Morgan fingerprint density at radius 1 is 1.03 bits per heavy atom. The maximum atomic E-state index is 12.9. The van der Waals surface area contributed by atoms with Gasteiger partial charge in [0.2, 0.25) is 0 Å². The summed E-state index contributed by atoms with van der Waals surface area (Å²) in [5.74, 6) is 0.0339. The predicted molar refractivity (Wildman–Crippen MR) is 138 cm³/mol. The van der Waals surface area contributed by atoms with Gasteiger partial charge in [-0.1, -0.05) is 77.3 Å². The summed E-state index contributed by atoms with van der Waals surface area (Å²) >= 11 is 12.3. The van der Waals surface area contributed by atoms with E-state index in [1.807, 2.05) is 61.5 Å². The van der Waals surface area contributed by atoms with Gasteiger partial charge in [0.1, 0.15) is 24.0 Å². The lowest BCUT2D eigenvalue weighted by Crippen LogP contribution is -2.13. The van der Waals surface area contributed by atoms with E-state index >= 15 is 0 Å². The molecule has 1 amide bonds. The van der Waals surface area contributed by atoms with Crippen molar-refractivity contribution in [3.63, 3.8) is 0 Å². The summed E-state index contributed by atoms with van der Waals surface area (Å²) < 4.78 is 6.10. The van der Waals surface area contributed by atoms with Crippen molar-refractivity contribution in [3.8, 4) is 11.8 Å². The maximum absolute atomic E-state index is 12.9. The first-order valence-electron chi connectivity index (χ1n) is 10.5. The van der Waals surface area contributed by atoms with Gasteiger partial charge in [-0.2, -0.15) is 5.26 Å². The number of rotatable bonds is 6. The molecule has 4 aromatic rings. The first kappa shape index (κ1) is 23.4. The number of nitrogens with zero attached hydrogens (tertiary/aromatic N) is 1. The van der Waals surface area contributed by atoms with E-state index in [1.165, 1.54) is 0 Å². The van der Waals surface area contributed by atoms with Crippen molar-refractivity contribution >= 4 is 51.6 Å². The van der Waals surface area contributed by atoms with Crippen LogP contribution in [0.5, 0.6) is 5.75 Å². The second-order valence-corrected chi connectivity index (χ2v) is 8.56. The van der Waals surface area contributed by atoms with Crippen LogP contribution in [0.2, 0.25) is 10.0 Å². The van der Waals surface area contributed by atoms with Crippen LogP contribution in [0.15, 0.2) is 84.4 Å². The van der Waals surface area contributed by atoms with Crippen molar-refractivity contribution in [2.24, 2.45) is 0 Å². The highest BCUT2D eigenvalue weighted by atomic mass is 35.5. The Kier molecular flexibility index (Phi) is 7.18. The van der Waals surface area contributed by atoms with E-state index in [-0.39, 0.29) is 12.2 Å². The highest BCUT2D eigenvalue weighted by Crippen LogP contribution is 2.32. The Bertz CT molecular complexity index is 1440. The van der Waals surface area contributed by atoms with Crippen molar-refractivity contribution < 1.29 is 9.53 Å². The lowest BCUT2D eigenvalue weighted by atomic mass is 10.0. The van der Waals surface area contributed by atoms with Crippen LogP contribution in [0.25, 0.3) is 16.8 Å². The van der Waals surface area contributed by atoms with E-state index < -0.39 is 5.91 Å². The quantitative estimate of drug-likeness (QED) is 0.225. The fraction of sp³-hybridized carbons (Fsp3) is 0.0714. The normalized spacial score (nSPS) is 11.2. The molecule has 4 nitrogen and oxygen atoms in total. The highest BCUT2D eigenvalue weighted by Gasteiger charge is 2.14. The van der Waals surface area contributed by atoms with E-state index in [2.05, 4.69) is 5.32 Å². The number of ether oxygens (including phenoxy) is 1. The molecular weight excluding hydrogens is 467 g/mol. The average Bonchev–Trinajstić information content (AvgIpc) is 2.83. The van der Waals surface area contributed by atoms with Gasteiger partial charge in [0.15, 0.2) is 0 Å². The van der Waals surface area contributed by atoms with Gasteiger partial charge in [0, 0.05) is 26.9 Å². The van der Waals surface area contributed by atoms with Crippen LogP contribution >= 0.6 is 23.2 Å². The number of hydrogen-bond acceptors (Lipinski definition) is 3. The molecule has 0 fully saturated rings. The monoisotopic (exact) mass is 486 g/mol. The van der Waals surface area contributed by atoms with Crippen LogP contribution in [0.4, 0.5) is 5.69 Å². The Balaban J connectivity index is 1.70. The molecule has 0 aromatic heterocycles. The van der Waals surface area contributed by atoms with Crippen LogP contribution in [0.3, 0.4) is 0 Å². The molecule has 0 saturated carbocycles. The summed E-state index contributed by atoms with van der Waals surface area (Å²) in [6.45, 7) is 2.16. The largest absolute Gasteiger partial charge is 0.488 e. The molecule has 0 heterocycles. The zero-order chi connectivity index (χ0) is 24.1. The Morgan fingerprint density at radius 2 is 1.79 bits per heavy atom. The molecule has 0 aliphatic heterocycles. The smallest absolute Gasteiger partial charge is 0.266 e. The maximum Gasteiger partial charge on any atom is 0.266 e. The second-order valence-electron chi connectivity index (χ2n) is 7.71. The minimum atomic E-state index is -0.494. The van der Waals surface area contributed by atoms with Gasteiger partial charge in [-0.25, -0.2) is 0 Å². The number of halogens is 2. The number of nitrogens with one attached hydrogen (secondary N) is 1. The summed E-state index contributed by atoms with van der Waals surface area (Å²) in [7, 11) is 0. The molecule has 34 heavy (non-hydrogen) atoms. The first-order valence-corrected chi connectivity index (χ1v) is 11.3. The summed E-state index contributed by atoms with van der Waals surface area (Å²) in [5, 5.41) is 15.4. The lowest BCUT2D eigenvalue weighted by Gasteiger charge is -2.14. The molecule has 0 atom stereocenters. The van der Waals surface area contributed by atoms with Crippen LogP contribution < -0.4 is 10.1 Å². The predicted octanol–water partition coefficient (Wildman–Crippen LogP) is 7.58. The summed E-state index contributed by atoms with van der Waals surface area (Å²) in [6.07, 6.45) is 1.56. The minimum Gasteiger partial charge on any atom is -0.488 e. The Labute approximate surface area is 208 Å². The van der Waals surface area contributed by atoms with Crippen LogP contribution in [-0.4, -0.2) is 5.91 Å². The first-order chi connectivity index (χ1) is 16.4. The molecule has 0 saturated heterocycles. The highest BCUT2D eigenvalue weighted by molar-refractivity contribution is 6.35. The van der Waals surface area contributed by atoms with Gasteiger partial charge in [-0.15, -0.1) is 0 Å². The summed E-state index contributed by atoms with van der Waals surface area (Å²) in [4.78, 5) is 12.9. The van der Waals surface area contributed by atoms with Gasteiger partial charge in [0.05, 0.1) is 0 Å². The SMILES string of the molecule is Cc1ccc(NC(=O)/C(C#N)=C\c2c(OCc3ccc(Cl)cc3Cl)ccc3ccccc23)cc1. The van der Waals surface area contributed by atoms with Crippen molar-refractivity contribution in [1.82, 2.24) is 0 Å². The number of carbonyl (C=O) groups excluding carboxylic acids is 1. The molecule has 1 N–H and O–H groups in total. The Hall–Kier alpha value is -3.78. The molecule has 0 aliphatic rings. The van der Waals surface area contributed by atoms with Crippen molar-refractivity contribution in [2.45, 2.75) is 13.5 Å². The molecule has 0 aliphatic carbocycles. The third-order valence-corrected chi connectivity index (χ3v) is 5.88. The number of fused-ring (bicyclic) bond motifs is 1. The summed E-state index contributed by atoms with van der Waals surface area (Å²) in [6, 6.07) is 26.1. The molecule has 0 spiro atoms. The fourth-order valence-electron chi connectivity index (χ4n) is 3.47. The van der Waals surface area contributed by atoms with E-state index in [0.29, 0.717) is 27.0 Å². The second kappa shape index (κ2) is 10.4. The van der Waals surface area contributed by atoms with E-state index in [4.69, 9.17) is 27.9 Å². The lowest BCUT2D eigenvalue weighted by molar-refractivity contribution is -0.112. The third kappa shape index (κ3) is 5.40. The van der Waals surface area contributed by atoms with Gasteiger partial charge >= 0.3 is 0 Å². The molecule has 168 valence electrons. The van der Waals surface area contributed by atoms with Gasteiger partial charge in [-0.3, -0.25) is 4.79 Å². The molecule has 6 heteroatoms. The average molecular weight is 487 g/mol. The molecular formula is C28H20Cl2N2O2. The minimum absolute atomic E-state index is 0.0358. The van der Waals surface area contributed by atoms with Crippen LogP contribution in [0.1, 0.15) is 16.7 Å². The van der Waals surface area contributed by atoms with Crippen molar-refractivity contribution in [2.75, 3.05) is 5.32 Å². The van der Waals surface area contributed by atoms with Crippen molar-refractivity contribution in [3.05, 3.63) is 111 Å². The zero-order valence-electron chi connectivity index (χ0n) is 18.3. The third-order valence-electron chi connectivity index (χ3n) is 5.29. The number of anilines is 1. The number of carbonyl (C=O) groups is 1. The van der Waals surface area contributed by atoms with Gasteiger partial charge < -0.3 is 10.1 Å². The topological polar surface area (TPSA) is 62.1 Å². The van der Waals surface area contributed by atoms with Gasteiger partial charge in [0.25, 0.3) is 5.91 Å². The van der Waals surface area contributed by atoms with E-state index in [0.717, 1.165) is 21.9 Å². The fourth-order valence-corrected chi connectivity index (χ4v) is 3.94. The van der Waals surface area contributed by atoms with Crippen LogP contribution in [0, 0.1) is 18.3 Å². The van der Waals surface area contributed by atoms with Crippen molar-refractivity contribution in [1.29, 1.82) is 5.26 Å². The van der Waals surface area contributed by atoms with Gasteiger partial charge in [-0.05, 0) is 54.1 Å². The molecule has 0 radical (unpaired) electrons. The molecule has 0 bridgehead atoms. The zero-order valence-corrected chi connectivity index (χ0v) is 19.8. The van der Waals surface area contributed by atoms with Crippen LogP contribution in [-0.2, 0) is 11.4 Å². The standard InChI is InChI=1S/C28H20Cl2N2O2/c1-18-6-11-23(12-7-18)32-28(33)21(16-31)14-25-24-5-3-2-4-19(24)9-13-27(25)34-17-20-8-10-22(29)15-26(20)30/h2-15H,17H2,1H3,(H,32,33)/b21-14-. The number of aryl methyl sites for hydroxylation is 1.